The number of aromatic amines is 1. The summed E-state index contributed by atoms with van der Waals surface area (Å²) in [5, 5.41) is 0.174. The molecule has 0 spiro atoms. The van der Waals surface area contributed by atoms with Crippen LogP contribution in [0.2, 0.25) is 5.02 Å². The van der Waals surface area contributed by atoms with Crippen molar-refractivity contribution in [2.75, 3.05) is 6.61 Å². The van der Waals surface area contributed by atoms with Gasteiger partial charge in [0.25, 0.3) is 5.79 Å². The third-order valence-electron chi connectivity index (χ3n) is 4.39. The van der Waals surface area contributed by atoms with E-state index in [9.17, 15) is 18.0 Å². The summed E-state index contributed by atoms with van der Waals surface area (Å²) in [5.74, 6) is -2.37. The maximum absolute atomic E-state index is 13.5. The van der Waals surface area contributed by atoms with E-state index >= 15 is 0 Å². The second kappa shape index (κ2) is 5.92. The number of hydrogen-bond donors (Lipinski definition) is 1. The molecule has 8 heteroatoms. The summed E-state index contributed by atoms with van der Waals surface area (Å²) in [6.07, 6.45) is -4.27. The highest BCUT2D eigenvalue weighted by Crippen LogP contribution is 2.47. The summed E-state index contributed by atoms with van der Waals surface area (Å²) in [4.78, 5) is 14.6. The van der Waals surface area contributed by atoms with Crippen LogP contribution in [0.25, 0.3) is 10.9 Å². The maximum atomic E-state index is 13.5. The molecular weight excluding hydrogens is 359 g/mol. The van der Waals surface area contributed by atoms with Crippen molar-refractivity contribution in [3.05, 3.63) is 34.0 Å². The number of fused-ring (bicyclic) bond motifs is 3. The molecule has 25 heavy (non-hydrogen) atoms. The minimum atomic E-state index is -4.53. The highest BCUT2D eigenvalue weighted by atomic mass is 35.5. The van der Waals surface area contributed by atoms with Crippen LogP contribution in [0.1, 0.15) is 37.6 Å². The lowest BCUT2D eigenvalue weighted by molar-refractivity contribution is -0.265. The second-order valence-corrected chi connectivity index (χ2v) is 6.74. The van der Waals surface area contributed by atoms with Gasteiger partial charge in [0.2, 0.25) is 0 Å². The number of H-pyrrole nitrogens is 1. The van der Waals surface area contributed by atoms with Gasteiger partial charge >= 0.3 is 12.1 Å². The normalized spacial score (nSPS) is 20.8. The van der Waals surface area contributed by atoms with Crippen LogP contribution in [-0.4, -0.2) is 17.6 Å². The van der Waals surface area contributed by atoms with Crippen LogP contribution in [0.4, 0.5) is 13.2 Å². The predicted molar refractivity (Wildman–Crippen MR) is 86.2 cm³/mol. The highest BCUT2D eigenvalue weighted by molar-refractivity contribution is 6.35. The number of nitrogens with one attached hydrogen (secondary N) is 1. The topological polar surface area (TPSA) is 51.3 Å². The van der Waals surface area contributed by atoms with Crippen molar-refractivity contribution >= 4 is 28.5 Å². The quantitative estimate of drug-likeness (QED) is 0.768. The second-order valence-electron chi connectivity index (χ2n) is 6.34. The number of esters is 1. The zero-order chi connectivity index (χ0) is 18.6. The van der Waals surface area contributed by atoms with E-state index in [0.717, 1.165) is 6.07 Å². The van der Waals surface area contributed by atoms with Gasteiger partial charge in [-0.1, -0.05) is 25.4 Å². The number of carbonyl (C=O) groups excluding carboxylic acids is 1. The fourth-order valence-electron chi connectivity index (χ4n) is 3.37. The lowest BCUT2D eigenvalue weighted by Gasteiger charge is -2.39. The summed E-state index contributed by atoms with van der Waals surface area (Å²) in [5.41, 5.74) is 0.138. The van der Waals surface area contributed by atoms with Crippen molar-refractivity contribution in [3.8, 4) is 0 Å². The van der Waals surface area contributed by atoms with Gasteiger partial charge in [0.15, 0.2) is 0 Å². The molecule has 4 nitrogen and oxygen atoms in total. The van der Waals surface area contributed by atoms with Crippen molar-refractivity contribution in [2.45, 2.75) is 39.2 Å². The molecule has 2 heterocycles. The lowest BCUT2D eigenvalue weighted by atomic mass is 9.91. The third-order valence-corrected chi connectivity index (χ3v) is 4.70. The first-order chi connectivity index (χ1) is 11.6. The number of aromatic nitrogens is 1. The Balaban J connectivity index is 2.37. The van der Waals surface area contributed by atoms with Gasteiger partial charge in [-0.2, -0.15) is 13.2 Å². The molecule has 2 aromatic rings. The molecule has 0 bridgehead atoms. The molecule has 1 aromatic carbocycles. The first kappa shape index (κ1) is 18.1. The van der Waals surface area contributed by atoms with Crippen LogP contribution in [-0.2, 0) is 32.7 Å². The third kappa shape index (κ3) is 2.79. The van der Waals surface area contributed by atoms with E-state index in [2.05, 4.69) is 4.98 Å². The van der Waals surface area contributed by atoms with E-state index in [1.54, 1.807) is 13.8 Å². The molecule has 1 aliphatic rings. The monoisotopic (exact) mass is 375 g/mol. The average molecular weight is 376 g/mol. The Hall–Kier alpha value is -1.73. The molecule has 0 saturated heterocycles. The van der Waals surface area contributed by atoms with E-state index in [1.165, 1.54) is 13.0 Å². The largest absolute Gasteiger partial charge is 0.427 e. The summed E-state index contributed by atoms with van der Waals surface area (Å²) in [7, 11) is 0. The van der Waals surface area contributed by atoms with Crippen molar-refractivity contribution in [1.29, 1.82) is 0 Å². The van der Waals surface area contributed by atoms with E-state index in [-0.39, 0.29) is 34.9 Å². The van der Waals surface area contributed by atoms with Crippen LogP contribution < -0.4 is 0 Å². The molecule has 1 unspecified atom stereocenters. The number of alkyl halides is 3. The number of halogens is 4. The highest BCUT2D eigenvalue weighted by Gasteiger charge is 2.48. The first-order valence-corrected chi connectivity index (χ1v) is 8.20. The fourth-order valence-corrected chi connectivity index (χ4v) is 3.57. The minimum absolute atomic E-state index is 0.00970. The molecule has 0 radical (unpaired) electrons. The molecule has 0 amide bonds. The number of benzene rings is 1. The number of hydrogen-bond acceptors (Lipinski definition) is 3. The van der Waals surface area contributed by atoms with Gasteiger partial charge < -0.3 is 14.5 Å². The van der Waals surface area contributed by atoms with Gasteiger partial charge in [-0.25, -0.2) is 0 Å². The molecule has 3 rings (SSSR count). The van der Waals surface area contributed by atoms with Crippen LogP contribution in [0.15, 0.2) is 12.1 Å². The summed E-state index contributed by atoms with van der Waals surface area (Å²) < 4.78 is 51.7. The molecule has 0 saturated carbocycles. The Morgan fingerprint density at radius 1 is 1.40 bits per heavy atom. The first-order valence-electron chi connectivity index (χ1n) is 7.82. The Kier molecular flexibility index (Phi) is 4.28. The van der Waals surface area contributed by atoms with E-state index in [4.69, 9.17) is 21.1 Å². The van der Waals surface area contributed by atoms with Gasteiger partial charge in [-0.15, -0.1) is 0 Å². The number of rotatable bonds is 2. The fraction of sp³-hybridized carbons (Fsp3) is 0.471. The van der Waals surface area contributed by atoms with E-state index < -0.39 is 23.5 Å². The van der Waals surface area contributed by atoms with Crippen molar-refractivity contribution < 1.29 is 27.4 Å². The van der Waals surface area contributed by atoms with Gasteiger partial charge in [-0.3, -0.25) is 4.79 Å². The molecule has 1 aliphatic heterocycles. The van der Waals surface area contributed by atoms with Gasteiger partial charge in [0.05, 0.1) is 28.4 Å². The standard InChI is InChI=1S/C17H17ClF3NO3/c1-8(2)16(25-9(3)23)15-10(6-7-24-16)13-11(17(19,20)21)4-5-12(18)14(13)22-15/h4-5,8,22H,6-7H2,1-3H3. The Labute approximate surface area is 147 Å². The lowest BCUT2D eigenvalue weighted by Crippen LogP contribution is -2.44. The van der Waals surface area contributed by atoms with Gasteiger partial charge in [0.1, 0.15) is 0 Å². The van der Waals surface area contributed by atoms with Crippen molar-refractivity contribution in [1.82, 2.24) is 4.98 Å². The van der Waals surface area contributed by atoms with Crippen LogP contribution >= 0.6 is 11.6 Å². The molecule has 0 fully saturated rings. The predicted octanol–water partition coefficient (Wildman–Crippen LogP) is 4.78. The number of ether oxygens (including phenoxy) is 2. The maximum Gasteiger partial charge on any atom is 0.417 e. The zero-order valence-electron chi connectivity index (χ0n) is 13.9. The Morgan fingerprint density at radius 2 is 2.08 bits per heavy atom. The zero-order valence-corrected chi connectivity index (χ0v) is 14.6. The van der Waals surface area contributed by atoms with Crippen LogP contribution in [0.5, 0.6) is 0 Å². The van der Waals surface area contributed by atoms with E-state index in [1.807, 2.05) is 0 Å². The molecular formula is C17H17ClF3NO3. The Morgan fingerprint density at radius 3 is 2.64 bits per heavy atom. The molecule has 0 aliphatic carbocycles. The summed E-state index contributed by atoms with van der Waals surface area (Å²) >= 11 is 6.13. The molecule has 136 valence electrons. The summed E-state index contributed by atoms with van der Waals surface area (Å²) in [6, 6.07) is 2.18. The van der Waals surface area contributed by atoms with Crippen LogP contribution in [0.3, 0.4) is 0 Å². The Bertz CT molecular complexity index is 844. The molecule has 1 N–H and O–H groups in total. The van der Waals surface area contributed by atoms with Gasteiger partial charge in [-0.05, 0) is 24.1 Å². The van der Waals surface area contributed by atoms with Gasteiger partial charge in [0, 0.05) is 18.2 Å². The summed E-state index contributed by atoms with van der Waals surface area (Å²) in [6.45, 7) is 4.92. The average Bonchev–Trinajstić information content (AvgIpc) is 2.87. The van der Waals surface area contributed by atoms with Crippen molar-refractivity contribution in [3.63, 3.8) is 0 Å². The van der Waals surface area contributed by atoms with E-state index in [0.29, 0.717) is 11.3 Å². The van der Waals surface area contributed by atoms with Crippen LogP contribution in [0, 0.1) is 5.92 Å². The smallest absolute Gasteiger partial charge is 0.417 e. The minimum Gasteiger partial charge on any atom is -0.427 e. The molecule has 1 atom stereocenters. The van der Waals surface area contributed by atoms with Crippen molar-refractivity contribution in [2.24, 2.45) is 5.92 Å². The number of carbonyl (C=O) groups is 1. The molecule has 1 aromatic heterocycles. The SMILES string of the molecule is CC(=O)OC1(C(C)C)OCCc2c1[nH]c1c(Cl)ccc(C(F)(F)F)c21.